The molecule has 0 bridgehead atoms. The van der Waals surface area contributed by atoms with E-state index >= 15 is 0 Å². The Morgan fingerprint density at radius 3 is 2.52 bits per heavy atom. The van der Waals surface area contributed by atoms with Gasteiger partial charge in [-0.3, -0.25) is 0 Å². The van der Waals surface area contributed by atoms with Crippen LogP contribution in [0.25, 0.3) is 0 Å². The molecule has 2 nitrogen and oxygen atoms in total. The fraction of sp³-hybridized carbons (Fsp3) is 0.600. The van der Waals surface area contributed by atoms with Gasteiger partial charge in [0.2, 0.25) is 0 Å². The molecule has 1 aromatic rings. The largest absolute Gasteiger partial charge is 0.416 e. The molecule has 0 aliphatic rings. The smallest absolute Gasteiger partial charge is 0.379 e. The molecule has 0 saturated heterocycles. The SMILES string of the molecule is CCCNC(COCCC)c1ccc(Br)cc1C(F)(F)F. The van der Waals surface area contributed by atoms with Crippen molar-refractivity contribution >= 4 is 15.9 Å². The molecule has 1 N–H and O–H groups in total. The van der Waals surface area contributed by atoms with Gasteiger partial charge in [0.05, 0.1) is 18.2 Å². The zero-order chi connectivity index (χ0) is 15.9. The summed E-state index contributed by atoms with van der Waals surface area (Å²) in [6.45, 7) is 5.37. The first kappa shape index (κ1) is 18.5. The highest BCUT2D eigenvalue weighted by Crippen LogP contribution is 2.36. The number of rotatable bonds is 8. The Bertz CT molecular complexity index is 437. The predicted molar refractivity (Wildman–Crippen MR) is 81.3 cm³/mol. The lowest BCUT2D eigenvalue weighted by Gasteiger charge is -2.23. The molecule has 0 heterocycles. The van der Waals surface area contributed by atoms with Crippen LogP contribution >= 0.6 is 15.9 Å². The summed E-state index contributed by atoms with van der Waals surface area (Å²) in [5.74, 6) is 0. The van der Waals surface area contributed by atoms with Gasteiger partial charge in [-0.1, -0.05) is 35.8 Å². The van der Waals surface area contributed by atoms with Crippen molar-refractivity contribution in [3.63, 3.8) is 0 Å². The van der Waals surface area contributed by atoms with E-state index in [1.54, 1.807) is 6.07 Å². The second kappa shape index (κ2) is 8.76. The second-order valence-corrected chi connectivity index (χ2v) is 5.73. The first-order chi connectivity index (χ1) is 9.90. The van der Waals surface area contributed by atoms with Gasteiger partial charge in [0.1, 0.15) is 0 Å². The summed E-state index contributed by atoms with van der Waals surface area (Å²) in [6.07, 6.45) is -2.69. The highest BCUT2D eigenvalue weighted by Gasteiger charge is 2.35. The summed E-state index contributed by atoms with van der Waals surface area (Å²) in [5.41, 5.74) is -0.388. The Morgan fingerprint density at radius 2 is 1.95 bits per heavy atom. The van der Waals surface area contributed by atoms with Crippen molar-refractivity contribution in [2.45, 2.75) is 38.9 Å². The third-order valence-electron chi connectivity index (χ3n) is 2.97. The lowest BCUT2D eigenvalue weighted by Crippen LogP contribution is -2.28. The maximum atomic E-state index is 13.2. The van der Waals surface area contributed by atoms with Crippen molar-refractivity contribution in [2.75, 3.05) is 19.8 Å². The molecule has 0 spiro atoms. The Labute approximate surface area is 132 Å². The summed E-state index contributed by atoms with van der Waals surface area (Å²) in [7, 11) is 0. The van der Waals surface area contributed by atoms with Crippen molar-refractivity contribution in [3.8, 4) is 0 Å². The summed E-state index contributed by atoms with van der Waals surface area (Å²) in [4.78, 5) is 0. The lowest BCUT2D eigenvalue weighted by molar-refractivity contribution is -0.138. The molecular weight excluding hydrogens is 347 g/mol. The van der Waals surface area contributed by atoms with Crippen LogP contribution in [0, 0.1) is 0 Å². The quantitative estimate of drug-likeness (QED) is 0.657. The van der Waals surface area contributed by atoms with Crippen molar-refractivity contribution < 1.29 is 17.9 Å². The summed E-state index contributed by atoms with van der Waals surface area (Å²) >= 11 is 3.10. The molecule has 120 valence electrons. The number of halogens is 4. The Morgan fingerprint density at radius 1 is 1.24 bits per heavy atom. The molecule has 0 saturated carbocycles. The van der Waals surface area contributed by atoms with E-state index < -0.39 is 17.8 Å². The van der Waals surface area contributed by atoms with Crippen molar-refractivity contribution in [1.82, 2.24) is 5.32 Å². The van der Waals surface area contributed by atoms with Crippen LogP contribution in [-0.2, 0) is 10.9 Å². The lowest BCUT2D eigenvalue weighted by atomic mass is 10.00. The van der Waals surface area contributed by atoms with E-state index in [9.17, 15) is 13.2 Å². The van der Waals surface area contributed by atoms with Crippen molar-refractivity contribution in [1.29, 1.82) is 0 Å². The van der Waals surface area contributed by atoms with Gasteiger partial charge in [0.25, 0.3) is 0 Å². The maximum Gasteiger partial charge on any atom is 0.416 e. The van der Waals surface area contributed by atoms with Gasteiger partial charge in [0.15, 0.2) is 0 Å². The second-order valence-electron chi connectivity index (χ2n) is 4.81. The van der Waals surface area contributed by atoms with Gasteiger partial charge in [0, 0.05) is 11.1 Å². The number of nitrogens with one attached hydrogen (secondary N) is 1. The van der Waals surface area contributed by atoms with E-state index in [4.69, 9.17) is 4.74 Å². The average Bonchev–Trinajstić information content (AvgIpc) is 2.42. The van der Waals surface area contributed by atoms with Gasteiger partial charge >= 0.3 is 6.18 Å². The van der Waals surface area contributed by atoms with E-state index in [1.165, 1.54) is 6.07 Å². The molecule has 1 atom stereocenters. The van der Waals surface area contributed by atoms with Crippen LogP contribution in [-0.4, -0.2) is 19.8 Å². The molecular formula is C15H21BrF3NO. The number of alkyl halides is 3. The molecule has 0 radical (unpaired) electrons. The highest BCUT2D eigenvalue weighted by atomic mass is 79.9. The molecule has 1 aromatic carbocycles. The van der Waals surface area contributed by atoms with Crippen LogP contribution in [0.3, 0.4) is 0 Å². The fourth-order valence-electron chi connectivity index (χ4n) is 2.00. The zero-order valence-electron chi connectivity index (χ0n) is 12.3. The Kier molecular flexibility index (Phi) is 7.70. The number of hydrogen-bond donors (Lipinski definition) is 1. The van der Waals surface area contributed by atoms with Crippen molar-refractivity contribution in [2.24, 2.45) is 0 Å². The average molecular weight is 368 g/mol. The molecule has 21 heavy (non-hydrogen) atoms. The standard InChI is InChI=1S/C15H21BrF3NO/c1-3-7-20-14(10-21-8-4-2)12-6-5-11(16)9-13(12)15(17,18)19/h5-6,9,14,20H,3-4,7-8,10H2,1-2H3. The summed E-state index contributed by atoms with van der Waals surface area (Å²) < 4.78 is 45.5. The van der Waals surface area contributed by atoms with Crippen molar-refractivity contribution in [3.05, 3.63) is 33.8 Å². The van der Waals surface area contributed by atoms with Crippen LogP contribution in [0.4, 0.5) is 13.2 Å². The van der Waals surface area contributed by atoms with E-state index in [2.05, 4.69) is 21.2 Å². The molecule has 0 aromatic heterocycles. The number of hydrogen-bond acceptors (Lipinski definition) is 2. The number of benzene rings is 1. The zero-order valence-corrected chi connectivity index (χ0v) is 13.9. The molecule has 1 unspecified atom stereocenters. The molecule has 1 rings (SSSR count). The monoisotopic (exact) mass is 367 g/mol. The van der Waals surface area contributed by atoms with Gasteiger partial charge in [-0.15, -0.1) is 0 Å². The number of ether oxygens (including phenoxy) is 1. The third-order valence-corrected chi connectivity index (χ3v) is 3.46. The molecule has 0 aliphatic heterocycles. The van der Waals surface area contributed by atoms with E-state index in [0.29, 0.717) is 17.6 Å². The van der Waals surface area contributed by atoms with Crippen LogP contribution in [0.2, 0.25) is 0 Å². The van der Waals surface area contributed by atoms with Gasteiger partial charge < -0.3 is 10.1 Å². The normalized spacial score (nSPS) is 13.4. The van der Waals surface area contributed by atoms with Crippen LogP contribution in [0.5, 0.6) is 0 Å². The van der Waals surface area contributed by atoms with E-state index in [0.717, 1.165) is 18.9 Å². The third kappa shape index (κ3) is 5.96. The Hall–Kier alpha value is -0.590. The van der Waals surface area contributed by atoms with Crippen LogP contribution < -0.4 is 5.32 Å². The topological polar surface area (TPSA) is 21.3 Å². The minimum Gasteiger partial charge on any atom is -0.379 e. The minimum atomic E-state index is -4.38. The fourth-order valence-corrected chi connectivity index (χ4v) is 2.36. The van der Waals surface area contributed by atoms with Crippen LogP contribution in [0.1, 0.15) is 43.9 Å². The van der Waals surface area contributed by atoms with Gasteiger partial charge in [-0.25, -0.2) is 0 Å². The van der Waals surface area contributed by atoms with Gasteiger partial charge in [-0.2, -0.15) is 13.2 Å². The van der Waals surface area contributed by atoms with E-state index in [-0.39, 0.29) is 12.2 Å². The summed E-state index contributed by atoms with van der Waals surface area (Å²) in [6, 6.07) is 3.80. The molecule has 6 heteroatoms. The first-order valence-corrected chi connectivity index (χ1v) is 7.87. The molecule has 0 fully saturated rings. The van der Waals surface area contributed by atoms with E-state index in [1.807, 2.05) is 13.8 Å². The first-order valence-electron chi connectivity index (χ1n) is 7.07. The van der Waals surface area contributed by atoms with Crippen LogP contribution in [0.15, 0.2) is 22.7 Å². The predicted octanol–water partition coefficient (Wildman–Crippen LogP) is 4.94. The molecule has 0 aliphatic carbocycles. The van der Waals surface area contributed by atoms with Gasteiger partial charge in [-0.05, 0) is 37.1 Å². The highest BCUT2D eigenvalue weighted by molar-refractivity contribution is 9.10. The maximum absolute atomic E-state index is 13.2. The Balaban J connectivity index is 3.04. The summed E-state index contributed by atoms with van der Waals surface area (Å²) in [5, 5.41) is 3.14. The minimum absolute atomic E-state index is 0.232. The molecule has 0 amide bonds.